The molecule has 0 amide bonds. The van der Waals surface area contributed by atoms with E-state index in [0.717, 1.165) is 16.3 Å². The summed E-state index contributed by atoms with van der Waals surface area (Å²) in [5.41, 5.74) is 1.66. The van der Waals surface area contributed by atoms with Crippen molar-refractivity contribution in [2.75, 3.05) is 11.9 Å². The number of rotatable bonds is 3. The van der Waals surface area contributed by atoms with Gasteiger partial charge in [0.1, 0.15) is 0 Å². The number of anilines is 1. The summed E-state index contributed by atoms with van der Waals surface area (Å²) in [6.07, 6.45) is 0. The second kappa shape index (κ2) is 4.20. The molecule has 0 fully saturated rings. The maximum Gasteiger partial charge on any atom is 0.0656 e. The first kappa shape index (κ1) is 11.3. The summed E-state index contributed by atoms with van der Waals surface area (Å²) < 4.78 is 0. The molecular weight excluding hydrogens is 198 g/mol. The standard InChI is InChI=1S/C11H16ClNO/c1-8-4-5-9(6-10(8)12)13-11(2,3)7-14/h4-6,13-14H,7H2,1-3H3. The molecule has 0 unspecified atom stereocenters. The van der Waals surface area contributed by atoms with Gasteiger partial charge in [0.15, 0.2) is 0 Å². The molecule has 0 atom stereocenters. The summed E-state index contributed by atoms with van der Waals surface area (Å²) >= 11 is 5.98. The van der Waals surface area contributed by atoms with E-state index in [-0.39, 0.29) is 12.1 Å². The molecule has 1 aromatic rings. The molecule has 3 heteroatoms. The summed E-state index contributed by atoms with van der Waals surface area (Å²) in [5, 5.41) is 13.0. The molecule has 0 aliphatic rings. The molecule has 1 aromatic carbocycles. The zero-order valence-electron chi connectivity index (χ0n) is 8.76. The van der Waals surface area contributed by atoms with Gasteiger partial charge in [-0.1, -0.05) is 17.7 Å². The molecule has 78 valence electrons. The van der Waals surface area contributed by atoms with Crippen LogP contribution in [0.5, 0.6) is 0 Å². The number of aliphatic hydroxyl groups excluding tert-OH is 1. The van der Waals surface area contributed by atoms with E-state index in [0.29, 0.717) is 0 Å². The topological polar surface area (TPSA) is 32.3 Å². The molecule has 14 heavy (non-hydrogen) atoms. The number of aryl methyl sites for hydroxylation is 1. The average Bonchev–Trinajstić information content (AvgIpc) is 2.11. The Morgan fingerprint density at radius 3 is 2.57 bits per heavy atom. The van der Waals surface area contributed by atoms with Crippen LogP contribution >= 0.6 is 11.6 Å². The van der Waals surface area contributed by atoms with Crippen LogP contribution in [0.25, 0.3) is 0 Å². The Kier molecular flexibility index (Phi) is 3.40. The van der Waals surface area contributed by atoms with Gasteiger partial charge in [0.25, 0.3) is 0 Å². The van der Waals surface area contributed by atoms with E-state index in [1.807, 2.05) is 39.0 Å². The van der Waals surface area contributed by atoms with E-state index in [2.05, 4.69) is 5.32 Å². The molecule has 1 rings (SSSR count). The van der Waals surface area contributed by atoms with E-state index in [9.17, 15) is 0 Å². The fraction of sp³-hybridized carbons (Fsp3) is 0.455. The molecule has 0 bridgehead atoms. The fourth-order valence-corrected chi connectivity index (χ4v) is 1.28. The number of hydrogen-bond acceptors (Lipinski definition) is 2. The van der Waals surface area contributed by atoms with Crippen LogP contribution in [0.2, 0.25) is 5.02 Å². The Bertz CT molecular complexity index is 323. The molecule has 0 saturated heterocycles. The summed E-state index contributed by atoms with van der Waals surface area (Å²) in [5.74, 6) is 0. The predicted molar refractivity (Wildman–Crippen MR) is 61.0 cm³/mol. The molecular formula is C11H16ClNO. The van der Waals surface area contributed by atoms with Crippen LogP contribution < -0.4 is 5.32 Å². The van der Waals surface area contributed by atoms with Crippen molar-refractivity contribution in [3.63, 3.8) is 0 Å². The van der Waals surface area contributed by atoms with Crippen LogP contribution in [-0.4, -0.2) is 17.3 Å². The van der Waals surface area contributed by atoms with E-state index >= 15 is 0 Å². The lowest BCUT2D eigenvalue weighted by Crippen LogP contribution is -2.34. The lowest BCUT2D eigenvalue weighted by atomic mass is 10.1. The van der Waals surface area contributed by atoms with E-state index in [1.54, 1.807) is 0 Å². The predicted octanol–water partition coefficient (Wildman–Crippen LogP) is 2.83. The Morgan fingerprint density at radius 2 is 2.07 bits per heavy atom. The number of hydrogen-bond donors (Lipinski definition) is 2. The van der Waals surface area contributed by atoms with Crippen LogP contribution in [0, 0.1) is 6.92 Å². The second-order valence-electron chi connectivity index (χ2n) is 4.13. The lowest BCUT2D eigenvalue weighted by molar-refractivity contribution is 0.234. The van der Waals surface area contributed by atoms with Gasteiger partial charge in [-0.05, 0) is 38.5 Å². The van der Waals surface area contributed by atoms with Crippen LogP contribution in [0.4, 0.5) is 5.69 Å². The van der Waals surface area contributed by atoms with Gasteiger partial charge in [-0.15, -0.1) is 0 Å². The molecule has 0 aliphatic carbocycles. The zero-order valence-corrected chi connectivity index (χ0v) is 9.52. The third kappa shape index (κ3) is 2.89. The van der Waals surface area contributed by atoms with Crippen molar-refractivity contribution in [2.24, 2.45) is 0 Å². The summed E-state index contributed by atoms with van der Waals surface area (Å²) in [4.78, 5) is 0. The average molecular weight is 214 g/mol. The van der Waals surface area contributed by atoms with Crippen molar-refractivity contribution in [3.8, 4) is 0 Å². The minimum Gasteiger partial charge on any atom is -0.394 e. The van der Waals surface area contributed by atoms with Gasteiger partial charge in [-0.25, -0.2) is 0 Å². The first-order chi connectivity index (χ1) is 6.44. The number of aliphatic hydroxyl groups is 1. The van der Waals surface area contributed by atoms with Gasteiger partial charge >= 0.3 is 0 Å². The van der Waals surface area contributed by atoms with Crippen molar-refractivity contribution in [3.05, 3.63) is 28.8 Å². The normalized spacial score (nSPS) is 11.5. The van der Waals surface area contributed by atoms with Crippen LogP contribution in [-0.2, 0) is 0 Å². The Morgan fingerprint density at radius 1 is 1.43 bits per heavy atom. The van der Waals surface area contributed by atoms with Crippen molar-refractivity contribution in [1.82, 2.24) is 0 Å². The van der Waals surface area contributed by atoms with E-state index < -0.39 is 0 Å². The van der Waals surface area contributed by atoms with Crippen LogP contribution in [0.3, 0.4) is 0 Å². The summed E-state index contributed by atoms with van der Waals surface area (Å²) in [7, 11) is 0. The Hall–Kier alpha value is -0.730. The van der Waals surface area contributed by atoms with Crippen molar-refractivity contribution in [1.29, 1.82) is 0 Å². The molecule has 0 aliphatic heterocycles. The lowest BCUT2D eigenvalue weighted by Gasteiger charge is -2.25. The summed E-state index contributed by atoms with van der Waals surface area (Å²) in [6, 6.07) is 5.78. The molecule has 2 N–H and O–H groups in total. The minimum atomic E-state index is -0.321. The zero-order chi connectivity index (χ0) is 10.8. The SMILES string of the molecule is Cc1ccc(NC(C)(C)CO)cc1Cl. The molecule has 0 saturated carbocycles. The van der Waals surface area contributed by atoms with Crippen molar-refractivity contribution >= 4 is 17.3 Å². The van der Waals surface area contributed by atoms with E-state index in [4.69, 9.17) is 16.7 Å². The van der Waals surface area contributed by atoms with E-state index in [1.165, 1.54) is 0 Å². The Labute approximate surface area is 89.9 Å². The monoisotopic (exact) mass is 213 g/mol. The van der Waals surface area contributed by atoms with Crippen LogP contribution in [0.15, 0.2) is 18.2 Å². The quantitative estimate of drug-likeness (QED) is 0.810. The highest BCUT2D eigenvalue weighted by molar-refractivity contribution is 6.31. The molecule has 0 heterocycles. The molecule has 2 nitrogen and oxygen atoms in total. The van der Waals surface area contributed by atoms with Crippen molar-refractivity contribution in [2.45, 2.75) is 26.3 Å². The summed E-state index contributed by atoms with van der Waals surface area (Å²) in [6.45, 7) is 5.91. The fourth-order valence-electron chi connectivity index (χ4n) is 1.10. The molecule has 0 spiro atoms. The van der Waals surface area contributed by atoms with Gasteiger partial charge in [-0.3, -0.25) is 0 Å². The largest absolute Gasteiger partial charge is 0.394 e. The molecule has 0 radical (unpaired) electrons. The highest BCUT2D eigenvalue weighted by Crippen LogP contribution is 2.22. The second-order valence-corrected chi connectivity index (χ2v) is 4.54. The van der Waals surface area contributed by atoms with Crippen LogP contribution in [0.1, 0.15) is 19.4 Å². The smallest absolute Gasteiger partial charge is 0.0656 e. The third-order valence-electron chi connectivity index (χ3n) is 2.05. The highest BCUT2D eigenvalue weighted by atomic mass is 35.5. The minimum absolute atomic E-state index is 0.0818. The molecule has 0 aromatic heterocycles. The first-order valence-electron chi connectivity index (χ1n) is 4.60. The van der Waals surface area contributed by atoms with Gasteiger partial charge in [0.2, 0.25) is 0 Å². The van der Waals surface area contributed by atoms with Gasteiger partial charge in [-0.2, -0.15) is 0 Å². The van der Waals surface area contributed by atoms with Gasteiger partial charge in [0.05, 0.1) is 12.1 Å². The maximum atomic E-state index is 9.08. The Balaban J connectivity index is 2.83. The maximum absolute atomic E-state index is 9.08. The highest BCUT2D eigenvalue weighted by Gasteiger charge is 2.15. The third-order valence-corrected chi connectivity index (χ3v) is 2.46. The first-order valence-corrected chi connectivity index (χ1v) is 4.97. The number of halogens is 1. The number of benzene rings is 1. The van der Waals surface area contributed by atoms with Crippen molar-refractivity contribution < 1.29 is 5.11 Å². The number of nitrogens with one attached hydrogen (secondary N) is 1. The van der Waals surface area contributed by atoms with Gasteiger partial charge in [0, 0.05) is 10.7 Å². The van der Waals surface area contributed by atoms with Gasteiger partial charge < -0.3 is 10.4 Å².